The first kappa shape index (κ1) is 24.0. The maximum atomic E-state index is 13.0. The van der Waals surface area contributed by atoms with Crippen LogP contribution in [-0.2, 0) is 16.1 Å². The lowest BCUT2D eigenvalue weighted by Crippen LogP contribution is -2.31. The van der Waals surface area contributed by atoms with Crippen molar-refractivity contribution < 1.29 is 32.3 Å². The van der Waals surface area contributed by atoms with Gasteiger partial charge in [0.1, 0.15) is 5.82 Å². The zero-order valence-electron chi connectivity index (χ0n) is 18.1. The standard InChI is InChI=1S/C21H22F3N5O4/c1-11-6-14(7-27-19(11)33-10-21(22,23)24)12(2)29-9-16-15(20(29)32)4-5-25-18(16)28-17(31)8-26-13(3)30/h4-7,12H,8-10H2,1-3H3,(H,26,30)(H,25,28,31). The summed E-state index contributed by atoms with van der Waals surface area (Å²) in [5, 5.41) is 4.98. The lowest BCUT2D eigenvalue weighted by atomic mass is 10.1. The highest BCUT2D eigenvalue weighted by molar-refractivity contribution is 6.02. The number of ether oxygens (including phenoxy) is 1. The minimum atomic E-state index is -4.48. The maximum Gasteiger partial charge on any atom is 0.422 e. The number of nitrogens with zero attached hydrogens (tertiary/aromatic N) is 3. The highest BCUT2D eigenvalue weighted by Gasteiger charge is 2.34. The Morgan fingerprint density at radius 1 is 1.30 bits per heavy atom. The van der Waals surface area contributed by atoms with Crippen LogP contribution in [0, 0.1) is 6.92 Å². The molecule has 2 N–H and O–H groups in total. The van der Waals surface area contributed by atoms with E-state index in [9.17, 15) is 27.6 Å². The number of rotatable bonds is 7. The molecule has 1 unspecified atom stereocenters. The fourth-order valence-electron chi connectivity index (χ4n) is 3.34. The number of pyridine rings is 2. The third-order valence-electron chi connectivity index (χ3n) is 5.01. The minimum absolute atomic E-state index is 0.132. The summed E-state index contributed by atoms with van der Waals surface area (Å²) in [6, 6.07) is 2.70. The molecule has 2 aromatic heterocycles. The highest BCUT2D eigenvalue weighted by Crippen LogP contribution is 2.34. The fourth-order valence-corrected chi connectivity index (χ4v) is 3.34. The SMILES string of the molecule is CC(=O)NCC(=O)Nc1nccc2c1CN(C(C)c1cnc(OCC(F)(F)F)c(C)c1)C2=O. The van der Waals surface area contributed by atoms with Crippen LogP contribution in [0.2, 0.25) is 0 Å². The fraction of sp³-hybridized carbons (Fsp3) is 0.381. The molecule has 12 heteroatoms. The first-order chi connectivity index (χ1) is 15.5. The van der Waals surface area contributed by atoms with Crippen molar-refractivity contribution in [1.29, 1.82) is 0 Å². The molecule has 1 aliphatic rings. The van der Waals surface area contributed by atoms with E-state index in [1.54, 1.807) is 30.9 Å². The Bertz CT molecular complexity index is 1090. The average molecular weight is 465 g/mol. The van der Waals surface area contributed by atoms with Crippen molar-refractivity contribution in [3.63, 3.8) is 0 Å². The van der Waals surface area contributed by atoms with E-state index in [0.29, 0.717) is 22.3 Å². The van der Waals surface area contributed by atoms with Crippen molar-refractivity contribution in [2.75, 3.05) is 18.5 Å². The van der Waals surface area contributed by atoms with Crippen LogP contribution in [0.25, 0.3) is 0 Å². The summed E-state index contributed by atoms with van der Waals surface area (Å²) in [5.74, 6) is -1.04. The molecule has 0 saturated carbocycles. The summed E-state index contributed by atoms with van der Waals surface area (Å²) >= 11 is 0. The molecule has 1 atom stereocenters. The highest BCUT2D eigenvalue weighted by atomic mass is 19.4. The predicted molar refractivity (Wildman–Crippen MR) is 110 cm³/mol. The third-order valence-corrected chi connectivity index (χ3v) is 5.01. The molecular weight excluding hydrogens is 443 g/mol. The van der Waals surface area contributed by atoms with Crippen molar-refractivity contribution in [3.8, 4) is 5.88 Å². The Labute approximate surface area is 187 Å². The van der Waals surface area contributed by atoms with Crippen LogP contribution in [0.15, 0.2) is 24.5 Å². The van der Waals surface area contributed by atoms with Gasteiger partial charge in [0, 0.05) is 36.0 Å². The van der Waals surface area contributed by atoms with E-state index in [0.717, 1.165) is 0 Å². The number of amides is 3. The molecular formula is C21H22F3N5O4. The Kier molecular flexibility index (Phi) is 6.84. The number of hydrogen-bond donors (Lipinski definition) is 2. The van der Waals surface area contributed by atoms with Crippen molar-refractivity contribution in [2.45, 2.75) is 39.5 Å². The second-order valence-electron chi connectivity index (χ2n) is 7.55. The molecule has 0 bridgehead atoms. The van der Waals surface area contributed by atoms with E-state index in [2.05, 4.69) is 20.6 Å². The Morgan fingerprint density at radius 2 is 2.03 bits per heavy atom. The molecule has 0 saturated heterocycles. The quantitative estimate of drug-likeness (QED) is 0.650. The molecule has 176 valence electrons. The van der Waals surface area contributed by atoms with Gasteiger partial charge in [0.25, 0.3) is 5.91 Å². The molecule has 0 aromatic carbocycles. The Hall–Kier alpha value is -3.70. The van der Waals surface area contributed by atoms with E-state index in [1.165, 1.54) is 19.3 Å². The van der Waals surface area contributed by atoms with E-state index < -0.39 is 24.7 Å². The van der Waals surface area contributed by atoms with Crippen LogP contribution in [0.4, 0.5) is 19.0 Å². The van der Waals surface area contributed by atoms with E-state index in [1.807, 2.05) is 0 Å². The number of alkyl halides is 3. The monoisotopic (exact) mass is 465 g/mol. The summed E-state index contributed by atoms with van der Waals surface area (Å²) in [7, 11) is 0. The van der Waals surface area contributed by atoms with Gasteiger partial charge in [0.2, 0.25) is 17.7 Å². The summed E-state index contributed by atoms with van der Waals surface area (Å²) in [5.41, 5.74) is 1.92. The number of carbonyl (C=O) groups is 3. The molecule has 3 heterocycles. The average Bonchev–Trinajstić information content (AvgIpc) is 3.08. The van der Waals surface area contributed by atoms with Crippen LogP contribution in [-0.4, -0.2) is 51.9 Å². The van der Waals surface area contributed by atoms with Crippen molar-refractivity contribution in [2.24, 2.45) is 0 Å². The summed E-state index contributed by atoms with van der Waals surface area (Å²) in [4.78, 5) is 45.7. The van der Waals surface area contributed by atoms with Gasteiger partial charge in [-0.25, -0.2) is 9.97 Å². The molecule has 2 aromatic rings. The number of aryl methyl sites for hydroxylation is 1. The number of fused-ring (bicyclic) bond motifs is 1. The van der Waals surface area contributed by atoms with Gasteiger partial charge >= 0.3 is 6.18 Å². The molecule has 0 aliphatic carbocycles. The molecule has 0 fully saturated rings. The van der Waals surface area contributed by atoms with Gasteiger partial charge in [0.15, 0.2) is 6.61 Å². The van der Waals surface area contributed by atoms with Crippen molar-refractivity contribution >= 4 is 23.5 Å². The van der Waals surface area contributed by atoms with E-state index >= 15 is 0 Å². The summed E-state index contributed by atoms with van der Waals surface area (Å²) in [6.07, 6.45) is -1.71. The predicted octanol–water partition coefficient (Wildman–Crippen LogP) is 2.52. The third kappa shape index (κ3) is 5.76. The van der Waals surface area contributed by atoms with Crippen LogP contribution >= 0.6 is 0 Å². The van der Waals surface area contributed by atoms with Crippen LogP contribution in [0.5, 0.6) is 5.88 Å². The van der Waals surface area contributed by atoms with Crippen LogP contribution < -0.4 is 15.4 Å². The number of nitrogens with one attached hydrogen (secondary N) is 2. The summed E-state index contributed by atoms with van der Waals surface area (Å²) in [6.45, 7) is 3.10. The van der Waals surface area contributed by atoms with Gasteiger partial charge < -0.3 is 20.3 Å². The first-order valence-corrected chi connectivity index (χ1v) is 9.95. The first-order valence-electron chi connectivity index (χ1n) is 9.95. The Balaban J connectivity index is 1.75. The number of hydrogen-bond acceptors (Lipinski definition) is 6. The lowest BCUT2D eigenvalue weighted by molar-refractivity contribution is -0.154. The van der Waals surface area contributed by atoms with Gasteiger partial charge in [-0.3, -0.25) is 14.4 Å². The van der Waals surface area contributed by atoms with Gasteiger partial charge in [-0.05, 0) is 31.5 Å². The number of aromatic nitrogens is 2. The van der Waals surface area contributed by atoms with E-state index in [-0.39, 0.29) is 36.6 Å². The molecule has 33 heavy (non-hydrogen) atoms. The topological polar surface area (TPSA) is 114 Å². The smallest absolute Gasteiger partial charge is 0.422 e. The molecule has 1 aliphatic heterocycles. The zero-order chi connectivity index (χ0) is 24.3. The number of halogens is 3. The summed E-state index contributed by atoms with van der Waals surface area (Å²) < 4.78 is 41.9. The zero-order valence-corrected chi connectivity index (χ0v) is 18.1. The molecule has 3 rings (SSSR count). The van der Waals surface area contributed by atoms with Gasteiger partial charge in [-0.15, -0.1) is 0 Å². The Morgan fingerprint density at radius 3 is 2.67 bits per heavy atom. The van der Waals surface area contributed by atoms with Gasteiger partial charge in [-0.2, -0.15) is 13.2 Å². The van der Waals surface area contributed by atoms with Crippen LogP contribution in [0.1, 0.15) is 46.9 Å². The van der Waals surface area contributed by atoms with Gasteiger partial charge in [0.05, 0.1) is 19.1 Å². The second-order valence-corrected chi connectivity index (χ2v) is 7.55. The maximum absolute atomic E-state index is 13.0. The van der Waals surface area contributed by atoms with Crippen molar-refractivity contribution in [3.05, 3.63) is 46.8 Å². The largest absolute Gasteiger partial charge is 0.468 e. The molecule has 9 nitrogen and oxygen atoms in total. The molecule has 3 amide bonds. The molecule has 0 radical (unpaired) electrons. The van der Waals surface area contributed by atoms with Gasteiger partial charge in [-0.1, -0.05) is 0 Å². The lowest BCUT2D eigenvalue weighted by Gasteiger charge is -2.25. The van der Waals surface area contributed by atoms with Crippen molar-refractivity contribution in [1.82, 2.24) is 20.2 Å². The van der Waals surface area contributed by atoms with E-state index in [4.69, 9.17) is 4.74 Å². The van der Waals surface area contributed by atoms with Crippen LogP contribution in [0.3, 0.4) is 0 Å². The number of carbonyl (C=O) groups excluding carboxylic acids is 3. The minimum Gasteiger partial charge on any atom is -0.468 e. The molecule has 0 spiro atoms. The number of anilines is 1. The second kappa shape index (κ2) is 9.43. The normalized spacial score (nSPS) is 14.0.